The zero-order valence-corrected chi connectivity index (χ0v) is 7.90. The van der Waals surface area contributed by atoms with E-state index in [1.807, 2.05) is 24.3 Å². The summed E-state index contributed by atoms with van der Waals surface area (Å²) in [6, 6.07) is 7.26. The van der Waals surface area contributed by atoms with Gasteiger partial charge in [-0.3, -0.25) is 4.79 Å². The molecule has 1 amide bonds. The van der Waals surface area contributed by atoms with Gasteiger partial charge in [0, 0.05) is 0 Å². The monoisotopic (exact) mass is 191 g/mol. The minimum atomic E-state index is -0.329. The topological polar surface area (TPSA) is 52.3 Å². The molecule has 0 spiro atoms. The van der Waals surface area contributed by atoms with Gasteiger partial charge >= 0.3 is 0 Å². The van der Waals surface area contributed by atoms with Gasteiger partial charge in [0.25, 0.3) is 0 Å². The molecule has 0 aliphatic carbocycles. The quantitative estimate of drug-likeness (QED) is 0.713. The summed E-state index contributed by atoms with van der Waals surface area (Å²) in [6.45, 7) is 4.03. The van der Waals surface area contributed by atoms with Gasteiger partial charge in [-0.15, -0.1) is 0 Å². The van der Waals surface area contributed by atoms with Crippen molar-refractivity contribution in [1.82, 2.24) is 0 Å². The standard InChI is InChI=1S/C11H13NO2/c1-2-7-14-10-5-3-9(4-6-10)8-11(12)13/h2-6H,1,7-8H2,(H2,12,13). The van der Waals surface area contributed by atoms with Crippen LogP contribution < -0.4 is 10.5 Å². The van der Waals surface area contributed by atoms with Gasteiger partial charge in [-0.05, 0) is 17.7 Å². The van der Waals surface area contributed by atoms with E-state index in [0.29, 0.717) is 6.61 Å². The summed E-state index contributed by atoms with van der Waals surface area (Å²) >= 11 is 0. The molecule has 2 N–H and O–H groups in total. The van der Waals surface area contributed by atoms with E-state index < -0.39 is 0 Å². The Balaban J connectivity index is 2.58. The van der Waals surface area contributed by atoms with Crippen LogP contribution >= 0.6 is 0 Å². The highest BCUT2D eigenvalue weighted by Gasteiger charge is 1.98. The third-order valence-corrected chi connectivity index (χ3v) is 1.67. The van der Waals surface area contributed by atoms with Crippen LogP contribution in [0.2, 0.25) is 0 Å². The molecule has 0 saturated carbocycles. The highest BCUT2D eigenvalue weighted by atomic mass is 16.5. The molecule has 0 atom stereocenters. The molecule has 0 aliphatic heterocycles. The molecule has 0 unspecified atom stereocenters. The van der Waals surface area contributed by atoms with Crippen LogP contribution in [-0.2, 0) is 11.2 Å². The fraction of sp³-hybridized carbons (Fsp3) is 0.182. The lowest BCUT2D eigenvalue weighted by Crippen LogP contribution is -2.13. The van der Waals surface area contributed by atoms with Crippen LogP contribution in [0.3, 0.4) is 0 Å². The molecule has 1 aromatic rings. The number of nitrogens with two attached hydrogens (primary N) is 1. The molecule has 0 aromatic heterocycles. The summed E-state index contributed by atoms with van der Waals surface area (Å²) < 4.78 is 5.28. The molecule has 0 aliphatic rings. The highest BCUT2D eigenvalue weighted by molar-refractivity contribution is 5.76. The predicted octanol–water partition coefficient (Wildman–Crippen LogP) is 1.28. The third kappa shape index (κ3) is 3.31. The minimum Gasteiger partial charge on any atom is -0.490 e. The number of primary amides is 1. The minimum absolute atomic E-state index is 0.266. The molecule has 0 radical (unpaired) electrons. The molecular weight excluding hydrogens is 178 g/mol. The molecule has 3 nitrogen and oxygen atoms in total. The van der Waals surface area contributed by atoms with Gasteiger partial charge in [0.15, 0.2) is 0 Å². The Labute approximate surface area is 83.2 Å². The number of rotatable bonds is 5. The smallest absolute Gasteiger partial charge is 0.221 e. The zero-order valence-electron chi connectivity index (χ0n) is 7.90. The largest absolute Gasteiger partial charge is 0.490 e. The van der Waals surface area contributed by atoms with Gasteiger partial charge in [-0.25, -0.2) is 0 Å². The number of ether oxygens (including phenoxy) is 1. The van der Waals surface area contributed by atoms with Crippen molar-refractivity contribution >= 4 is 5.91 Å². The maximum atomic E-state index is 10.6. The van der Waals surface area contributed by atoms with E-state index in [9.17, 15) is 4.79 Å². The van der Waals surface area contributed by atoms with E-state index in [-0.39, 0.29) is 12.3 Å². The molecule has 14 heavy (non-hydrogen) atoms. The first kappa shape index (κ1) is 10.3. The van der Waals surface area contributed by atoms with E-state index in [1.54, 1.807) is 6.08 Å². The van der Waals surface area contributed by atoms with Crippen molar-refractivity contribution in [3.63, 3.8) is 0 Å². The van der Waals surface area contributed by atoms with Crippen LogP contribution in [0.4, 0.5) is 0 Å². The van der Waals surface area contributed by atoms with E-state index in [2.05, 4.69) is 6.58 Å². The molecular formula is C11H13NO2. The molecule has 0 heterocycles. The fourth-order valence-electron chi connectivity index (χ4n) is 1.06. The van der Waals surface area contributed by atoms with Crippen molar-refractivity contribution in [1.29, 1.82) is 0 Å². The maximum Gasteiger partial charge on any atom is 0.221 e. The van der Waals surface area contributed by atoms with E-state index >= 15 is 0 Å². The second-order valence-electron chi connectivity index (χ2n) is 2.89. The Morgan fingerprint density at radius 3 is 2.57 bits per heavy atom. The molecule has 3 heteroatoms. The summed E-state index contributed by atoms with van der Waals surface area (Å²) in [5.74, 6) is 0.433. The van der Waals surface area contributed by atoms with Crippen LogP contribution in [0.15, 0.2) is 36.9 Å². The van der Waals surface area contributed by atoms with E-state index in [0.717, 1.165) is 11.3 Å². The molecule has 1 aromatic carbocycles. The van der Waals surface area contributed by atoms with Crippen molar-refractivity contribution < 1.29 is 9.53 Å². The van der Waals surface area contributed by atoms with Crippen molar-refractivity contribution in [3.8, 4) is 5.75 Å². The van der Waals surface area contributed by atoms with Gasteiger partial charge in [-0.1, -0.05) is 24.8 Å². The summed E-state index contributed by atoms with van der Waals surface area (Å²) in [6.07, 6.45) is 1.94. The maximum absolute atomic E-state index is 10.6. The number of benzene rings is 1. The molecule has 0 saturated heterocycles. The summed E-state index contributed by atoms with van der Waals surface area (Å²) in [5, 5.41) is 0. The van der Waals surface area contributed by atoms with Crippen LogP contribution in [0.1, 0.15) is 5.56 Å². The van der Waals surface area contributed by atoms with E-state index in [4.69, 9.17) is 10.5 Å². The van der Waals surface area contributed by atoms with Gasteiger partial charge in [0.1, 0.15) is 12.4 Å². The van der Waals surface area contributed by atoms with Crippen LogP contribution in [0, 0.1) is 0 Å². The fourth-order valence-corrected chi connectivity index (χ4v) is 1.06. The summed E-state index contributed by atoms with van der Waals surface area (Å²) in [5.41, 5.74) is 5.95. The lowest BCUT2D eigenvalue weighted by molar-refractivity contribution is -0.117. The molecule has 0 fully saturated rings. The van der Waals surface area contributed by atoms with Crippen LogP contribution in [0.25, 0.3) is 0 Å². The lowest BCUT2D eigenvalue weighted by atomic mass is 10.1. The first-order valence-electron chi connectivity index (χ1n) is 4.33. The molecule has 74 valence electrons. The Morgan fingerprint density at radius 2 is 2.07 bits per heavy atom. The van der Waals surface area contributed by atoms with Crippen molar-refractivity contribution in [2.45, 2.75) is 6.42 Å². The SMILES string of the molecule is C=CCOc1ccc(CC(N)=O)cc1. The second kappa shape index (κ2) is 5.07. The second-order valence-corrected chi connectivity index (χ2v) is 2.89. The number of carbonyl (C=O) groups excluding carboxylic acids is 1. The molecule has 0 bridgehead atoms. The van der Waals surface area contributed by atoms with Gasteiger partial charge in [-0.2, -0.15) is 0 Å². The van der Waals surface area contributed by atoms with Crippen molar-refractivity contribution in [3.05, 3.63) is 42.5 Å². The number of hydrogen-bond acceptors (Lipinski definition) is 2. The number of amides is 1. The van der Waals surface area contributed by atoms with Gasteiger partial charge in [0.05, 0.1) is 6.42 Å². The Morgan fingerprint density at radius 1 is 1.43 bits per heavy atom. The Kier molecular flexibility index (Phi) is 3.73. The molecule has 1 rings (SSSR count). The highest BCUT2D eigenvalue weighted by Crippen LogP contribution is 2.12. The predicted molar refractivity (Wildman–Crippen MR) is 55.0 cm³/mol. The Bertz CT molecular complexity index is 317. The van der Waals surface area contributed by atoms with Crippen LogP contribution in [0.5, 0.6) is 5.75 Å². The number of hydrogen-bond donors (Lipinski definition) is 1. The first-order valence-corrected chi connectivity index (χ1v) is 4.33. The van der Waals surface area contributed by atoms with Crippen molar-refractivity contribution in [2.75, 3.05) is 6.61 Å². The van der Waals surface area contributed by atoms with Crippen molar-refractivity contribution in [2.24, 2.45) is 5.73 Å². The van der Waals surface area contributed by atoms with Gasteiger partial charge < -0.3 is 10.5 Å². The Hall–Kier alpha value is -1.77. The van der Waals surface area contributed by atoms with Crippen LogP contribution in [-0.4, -0.2) is 12.5 Å². The zero-order chi connectivity index (χ0) is 10.4. The summed E-state index contributed by atoms with van der Waals surface area (Å²) in [7, 11) is 0. The van der Waals surface area contributed by atoms with E-state index in [1.165, 1.54) is 0 Å². The first-order chi connectivity index (χ1) is 6.72. The average molecular weight is 191 g/mol. The summed E-state index contributed by atoms with van der Waals surface area (Å²) in [4.78, 5) is 10.6. The lowest BCUT2D eigenvalue weighted by Gasteiger charge is -2.03. The third-order valence-electron chi connectivity index (χ3n) is 1.67. The number of carbonyl (C=O) groups is 1. The normalized spacial score (nSPS) is 9.43. The average Bonchev–Trinajstić information content (AvgIpc) is 2.16. The van der Waals surface area contributed by atoms with Gasteiger partial charge in [0.2, 0.25) is 5.91 Å².